The molecule has 3 heterocycles. The standard InChI is InChI=1S/C33H28FN5O5/c1-20-26-18-22(21-5-4-6-23(34)17-21)9-11-28(26)44-30(20)31(40)36-24-10-12-29(35-19-24)38-13-15-39(16-14-38)33(43)37-27-8-3-2-7-25(27)32(41)42/h2-12,17-19H,13-16H2,1H3,(H,36,40)(H,37,43)(H,41,42). The molecule has 3 N–H and O–H groups in total. The molecular formula is C33H28FN5O5. The van der Waals surface area contributed by atoms with Gasteiger partial charge in [0, 0.05) is 37.1 Å². The molecule has 1 aliphatic rings. The fraction of sp³-hybridized carbons (Fsp3) is 0.152. The first-order chi connectivity index (χ1) is 21.3. The molecule has 1 fully saturated rings. The predicted octanol–water partition coefficient (Wildman–Crippen LogP) is 6.25. The minimum Gasteiger partial charge on any atom is -0.478 e. The molecule has 0 atom stereocenters. The number of nitrogens with zero attached hydrogens (tertiary/aromatic N) is 3. The van der Waals surface area contributed by atoms with Gasteiger partial charge in [-0.1, -0.05) is 30.3 Å². The Morgan fingerprint density at radius 2 is 1.66 bits per heavy atom. The molecule has 3 amide bonds. The lowest BCUT2D eigenvalue weighted by molar-refractivity contribution is 0.0697. The third kappa shape index (κ3) is 5.80. The third-order valence-electron chi connectivity index (χ3n) is 7.60. The number of anilines is 3. The SMILES string of the molecule is Cc1c(C(=O)Nc2ccc(N3CCN(C(=O)Nc4ccccc4C(=O)O)CC3)nc2)oc2ccc(-c3cccc(F)c3)cc12. The Kier molecular flexibility index (Phi) is 7.67. The molecule has 3 aromatic carbocycles. The predicted molar refractivity (Wildman–Crippen MR) is 165 cm³/mol. The number of para-hydroxylation sites is 1. The zero-order chi connectivity index (χ0) is 30.8. The summed E-state index contributed by atoms with van der Waals surface area (Å²) in [5.74, 6) is -0.965. The average Bonchev–Trinajstić information content (AvgIpc) is 3.37. The smallest absolute Gasteiger partial charge is 0.337 e. The highest BCUT2D eigenvalue weighted by atomic mass is 19.1. The van der Waals surface area contributed by atoms with E-state index in [1.807, 2.05) is 30.0 Å². The first-order valence-electron chi connectivity index (χ1n) is 14.0. The topological polar surface area (TPSA) is 128 Å². The van der Waals surface area contributed by atoms with E-state index in [1.165, 1.54) is 18.2 Å². The number of benzene rings is 3. The Morgan fingerprint density at radius 1 is 0.886 bits per heavy atom. The first kappa shape index (κ1) is 28.4. The molecule has 0 aliphatic carbocycles. The molecule has 0 bridgehead atoms. The molecule has 0 unspecified atom stereocenters. The van der Waals surface area contributed by atoms with Crippen LogP contribution in [0.25, 0.3) is 22.1 Å². The van der Waals surface area contributed by atoms with Gasteiger partial charge in [-0.15, -0.1) is 0 Å². The number of pyridine rings is 1. The molecule has 10 nitrogen and oxygen atoms in total. The number of aromatic carboxylic acids is 1. The van der Waals surface area contributed by atoms with Crippen molar-refractivity contribution in [2.45, 2.75) is 6.92 Å². The number of hydrogen-bond acceptors (Lipinski definition) is 6. The number of nitrogens with one attached hydrogen (secondary N) is 2. The Hall–Kier alpha value is -5.71. The van der Waals surface area contributed by atoms with Crippen molar-refractivity contribution in [2.75, 3.05) is 41.7 Å². The van der Waals surface area contributed by atoms with Gasteiger partial charge in [0.15, 0.2) is 5.76 Å². The maximum absolute atomic E-state index is 13.7. The molecule has 5 aromatic rings. The number of amides is 3. The van der Waals surface area contributed by atoms with Gasteiger partial charge >= 0.3 is 12.0 Å². The maximum Gasteiger partial charge on any atom is 0.337 e. The van der Waals surface area contributed by atoms with Crippen molar-refractivity contribution in [3.63, 3.8) is 0 Å². The monoisotopic (exact) mass is 593 g/mol. The molecule has 1 saturated heterocycles. The van der Waals surface area contributed by atoms with E-state index in [2.05, 4.69) is 15.6 Å². The lowest BCUT2D eigenvalue weighted by atomic mass is 10.0. The zero-order valence-electron chi connectivity index (χ0n) is 23.7. The maximum atomic E-state index is 13.7. The van der Waals surface area contributed by atoms with Crippen LogP contribution in [0.5, 0.6) is 0 Å². The molecule has 0 saturated carbocycles. The van der Waals surface area contributed by atoms with Crippen LogP contribution < -0.4 is 15.5 Å². The third-order valence-corrected chi connectivity index (χ3v) is 7.60. The van der Waals surface area contributed by atoms with Gasteiger partial charge in [-0.05, 0) is 66.6 Å². The Labute approximate surface area is 251 Å². The second-order valence-corrected chi connectivity index (χ2v) is 10.4. The van der Waals surface area contributed by atoms with Crippen LogP contribution in [0, 0.1) is 12.7 Å². The number of hydrogen-bond donors (Lipinski definition) is 3. The largest absolute Gasteiger partial charge is 0.478 e. The van der Waals surface area contributed by atoms with Crippen LogP contribution in [0.3, 0.4) is 0 Å². The van der Waals surface area contributed by atoms with Crippen LogP contribution in [-0.4, -0.2) is 59.1 Å². The molecule has 0 spiro atoms. The summed E-state index contributed by atoms with van der Waals surface area (Å²) in [7, 11) is 0. The highest BCUT2D eigenvalue weighted by Crippen LogP contribution is 2.31. The number of carboxylic acid groups (broad SMARTS) is 1. The van der Waals surface area contributed by atoms with Crippen LogP contribution in [0.15, 0.2) is 89.5 Å². The molecule has 6 rings (SSSR count). The minimum absolute atomic E-state index is 0.0290. The average molecular weight is 594 g/mol. The van der Waals surface area contributed by atoms with Crippen LogP contribution in [-0.2, 0) is 0 Å². The fourth-order valence-corrected chi connectivity index (χ4v) is 5.23. The normalized spacial score (nSPS) is 13.1. The summed E-state index contributed by atoms with van der Waals surface area (Å²) in [4.78, 5) is 45.5. The number of rotatable bonds is 6. The second-order valence-electron chi connectivity index (χ2n) is 10.4. The number of aryl methyl sites for hydroxylation is 1. The van der Waals surface area contributed by atoms with E-state index in [9.17, 15) is 23.9 Å². The Bertz CT molecular complexity index is 1880. The van der Waals surface area contributed by atoms with Crippen LogP contribution in [0.2, 0.25) is 0 Å². The molecule has 44 heavy (non-hydrogen) atoms. The lowest BCUT2D eigenvalue weighted by Gasteiger charge is -2.35. The van der Waals surface area contributed by atoms with Crippen molar-refractivity contribution in [1.82, 2.24) is 9.88 Å². The first-order valence-corrected chi connectivity index (χ1v) is 14.0. The Balaban J connectivity index is 1.07. The van der Waals surface area contributed by atoms with Gasteiger partial charge in [0.05, 0.1) is 23.1 Å². The Morgan fingerprint density at radius 3 is 2.39 bits per heavy atom. The quantitative estimate of drug-likeness (QED) is 0.212. The van der Waals surface area contributed by atoms with Gasteiger partial charge in [0.2, 0.25) is 0 Å². The minimum atomic E-state index is -1.11. The van der Waals surface area contributed by atoms with Gasteiger partial charge in [-0.2, -0.15) is 0 Å². The summed E-state index contributed by atoms with van der Waals surface area (Å²) in [5, 5.41) is 15.6. The lowest BCUT2D eigenvalue weighted by Crippen LogP contribution is -2.50. The number of piperazine rings is 1. The summed E-state index contributed by atoms with van der Waals surface area (Å²) in [6.07, 6.45) is 1.56. The van der Waals surface area contributed by atoms with Gasteiger partial charge < -0.3 is 30.0 Å². The number of carboxylic acids is 1. The highest BCUT2D eigenvalue weighted by molar-refractivity contribution is 6.07. The van der Waals surface area contributed by atoms with E-state index in [4.69, 9.17) is 4.42 Å². The number of fused-ring (bicyclic) bond motifs is 1. The van der Waals surface area contributed by atoms with Crippen molar-refractivity contribution in [3.8, 4) is 11.1 Å². The van der Waals surface area contributed by atoms with E-state index in [1.54, 1.807) is 53.6 Å². The molecular weight excluding hydrogens is 565 g/mol. The van der Waals surface area contributed by atoms with Gasteiger partial charge in [0.1, 0.15) is 17.2 Å². The van der Waals surface area contributed by atoms with Crippen LogP contribution in [0.1, 0.15) is 26.5 Å². The number of aromatic nitrogens is 1. The molecule has 0 radical (unpaired) electrons. The van der Waals surface area contributed by atoms with Crippen molar-refractivity contribution in [1.29, 1.82) is 0 Å². The van der Waals surface area contributed by atoms with Crippen LogP contribution >= 0.6 is 0 Å². The molecule has 11 heteroatoms. The van der Waals surface area contributed by atoms with E-state index >= 15 is 0 Å². The summed E-state index contributed by atoms with van der Waals surface area (Å²) < 4.78 is 19.6. The summed E-state index contributed by atoms with van der Waals surface area (Å²) in [6.45, 7) is 3.72. The number of furan rings is 1. The molecule has 2 aromatic heterocycles. The van der Waals surface area contributed by atoms with Gasteiger partial charge in [0.25, 0.3) is 5.91 Å². The number of urea groups is 1. The fourth-order valence-electron chi connectivity index (χ4n) is 5.23. The van der Waals surface area contributed by atoms with Crippen LogP contribution in [0.4, 0.5) is 26.4 Å². The van der Waals surface area contributed by atoms with Gasteiger partial charge in [-0.25, -0.2) is 19.0 Å². The number of carbonyl (C=O) groups is 3. The number of halogens is 1. The summed E-state index contributed by atoms with van der Waals surface area (Å²) in [6, 6.07) is 21.3. The molecule has 1 aliphatic heterocycles. The van der Waals surface area contributed by atoms with Gasteiger partial charge in [-0.3, -0.25) is 4.79 Å². The second kappa shape index (κ2) is 11.9. The van der Waals surface area contributed by atoms with E-state index in [0.29, 0.717) is 48.8 Å². The zero-order valence-corrected chi connectivity index (χ0v) is 23.7. The summed E-state index contributed by atoms with van der Waals surface area (Å²) >= 11 is 0. The van der Waals surface area contributed by atoms with E-state index < -0.39 is 11.9 Å². The van der Waals surface area contributed by atoms with Crippen molar-refractivity contribution in [3.05, 3.63) is 108 Å². The summed E-state index contributed by atoms with van der Waals surface area (Å²) in [5.41, 5.74) is 3.55. The van der Waals surface area contributed by atoms with E-state index in [0.717, 1.165) is 16.5 Å². The van der Waals surface area contributed by atoms with Crippen molar-refractivity contribution in [2.24, 2.45) is 0 Å². The van der Waals surface area contributed by atoms with E-state index in [-0.39, 0.29) is 28.9 Å². The highest BCUT2D eigenvalue weighted by Gasteiger charge is 2.24. The number of carbonyl (C=O) groups excluding carboxylic acids is 2. The molecule has 222 valence electrons. The van der Waals surface area contributed by atoms with Crippen molar-refractivity contribution < 1.29 is 28.3 Å². The van der Waals surface area contributed by atoms with Crippen molar-refractivity contribution >= 4 is 46.1 Å².